The number of rotatable bonds is 9. The van der Waals surface area contributed by atoms with Crippen LogP contribution in [0, 0.1) is 0 Å². The summed E-state index contributed by atoms with van der Waals surface area (Å²) in [6, 6.07) is 26.9. The van der Waals surface area contributed by atoms with Crippen LogP contribution in [-0.2, 0) is 10.8 Å². The van der Waals surface area contributed by atoms with Crippen LogP contribution in [0.3, 0.4) is 0 Å². The normalized spacial score (nSPS) is 13.1. The van der Waals surface area contributed by atoms with Gasteiger partial charge >= 0.3 is 0 Å². The summed E-state index contributed by atoms with van der Waals surface area (Å²) in [4.78, 5) is 2.95. The summed E-state index contributed by atoms with van der Waals surface area (Å²) in [7, 11) is 3.09. The van der Waals surface area contributed by atoms with Gasteiger partial charge in [-0.1, -0.05) is 61.5 Å². The van der Waals surface area contributed by atoms with Crippen molar-refractivity contribution in [2.75, 3.05) is 33.5 Å². The lowest BCUT2D eigenvalue weighted by atomic mass is 9.88. The molecule has 0 saturated carbocycles. The maximum atomic E-state index is 11.9. The molecule has 0 aliphatic rings. The second-order valence-electron chi connectivity index (χ2n) is 7.73. The lowest BCUT2D eigenvalue weighted by molar-refractivity contribution is 0.261. The summed E-state index contributed by atoms with van der Waals surface area (Å²) in [5.41, 5.74) is 5.96. The molecule has 162 valence electrons. The van der Waals surface area contributed by atoms with Crippen molar-refractivity contribution < 1.29 is 8.95 Å². The molecule has 3 nitrogen and oxygen atoms in total. The Morgan fingerprint density at radius 2 is 1.42 bits per heavy atom. The van der Waals surface area contributed by atoms with Gasteiger partial charge in [0, 0.05) is 28.5 Å². The number of benzene rings is 3. The van der Waals surface area contributed by atoms with Crippen LogP contribution in [0.1, 0.15) is 30.0 Å². The number of nitrogens with zero attached hydrogens (tertiary/aromatic N) is 1. The summed E-state index contributed by atoms with van der Waals surface area (Å²) in [6.07, 6.45) is 2.62. The molecule has 31 heavy (non-hydrogen) atoms. The molecular weight excluding hydrogens is 402 g/mol. The van der Waals surface area contributed by atoms with Crippen molar-refractivity contribution in [3.63, 3.8) is 0 Å². The molecule has 1 atom stereocenters. The number of ether oxygens (including phenoxy) is 1. The van der Waals surface area contributed by atoms with E-state index in [2.05, 4.69) is 60.4 Å². The Hall–Kier alpha value is -2.69. The van der Waals surface area contributed by atoms with Gasteiger partial charge in [-0.3, -0.25) is 4.21 Å². The van der Waals surface area contributed by atoms with Crippen LogP contribution in [0.2, 0.25) is 0 Å². The highest BCUT2D eigenvalue weighted by Crippen LogP contribution is 2.35. The molecule has 0 radical (unpaired) electrons. The number of hydrogen-bond donors (Lipinski definition) is 0. The zero-order valence-corrected chi connectivity index (χ0v) is 19.6. The number of likely N-dealkylation sites (N-methyl/N-ethyl adjacent to an activating group) is 1. The van der Waals surface area contributed by atoms with E-state index in [1.165, 1.54) is 16.7 Å². The lowest BCUT2D eigenvalue weighted by Crippen LogP contribution is -2.19. The average Bonchev–Trinajstić information content (AvgIpc) is 2.78. The average molecular weight is 434 g/mol. The van der Waals surface area contributed by atoms with Gasteiger partial charge in [-0.25, -0.2) is 0 Å². The van der Waals surface area contributed by atoms with Gasteiger partial charge in [0.25, 0.3) is 0 Å². The van der Waals surface area contributed by atoms with Crippen LogP contribution >= 0.6 is 0 Å². The van der Waals surface area contributed by atoms with Gasteiger partial charge in [0.1, 0.15) is 12.4 Å². The second-order valence-corrected chi connectivity index (χ2v) is 9.11. The second kappa shape index (κ2) is 11.1. The molecule has 3 aromatic rings. The Morgan fingerprint density at radius 3 is 1.94 bits per heavy atom. The molecule has 0 fully saturated rings. The van der Waals surface area contributed by atoms with Crippen molar-refractivity contribution in [2.45, 2.75) is 18.2 Å². The smallest absolute Gasteiger partial charge is 0.119 e. The summed E-state index contributed by atoms with van der Waals surface area (Å²) in [5, 5.41) is 0. The molecule has 0 amide bonds. The number of hydrogen-bond acceptors (Lipinski definition) is 3. The van der Waals surface area contributed by atoms with Crippen LogP contribution in [-0.4, -0.2) is 42.6 Å². The van der Waals surface area contributed by atoms with E-state index in [-0.39, 0.29) is 0 Å². The molecular formula is C27H31NO2S. The quantitative estimate of drug-likeness (QED) is 0.403. The van der Waals surface area contributed by atoms with Crippen molar-refractivity contribution in [2.24, 2.45) is 0 Å². The van der Waals surface area contributed by atoms with E-state index in [0.717, 1.165) is 34.7 Å². The van der Waals surface area contributed by atoms with Crippen LogP contribution in [0.4, 0.5) is 0 Å². The Kier molecular flexibility index (Phi) is 8.21. The van der Waals surface area contributed by atoms with Crippen molar-refractivity contribution in [1.29, 1.82) is 0 Å². The first-order valence-corrected chi connectivity index (χ1v) is 12.2. The molecule has 0 bridgehead atoms. The lowest BCUT2D eigenvalue weighted by Gasteiger charge is -2.17. The minimum atomic E-state index is -0.989. The summed E-state index contributed by atoms with van der Waals surface area (Å²) in [6.45, 7) is 3.73. The Bertz CT molecular complexity index is 1020. The minimum absolute atomic E-state index is 0.662. The zero-order valence-electron chi connectivity index (χ0n) is 18.8. The fraction of sp³-hybridized carbons (Fsp3) is 0.259. The van der Waals surface area contributed by atoms with Gasteiger partial charge in [0.2, 0.25) is 0 Å². The molecule has 0 aliphatic heterocycles. The van der Waals surface area contributed by atoms with E-state index in [4.69, 9.17) is 4.74 Å². The third-order valence-electron chi connectivity index (χ3n) is 5.20. The van der Waals surface area contributed by atoms with Crippen molar-refractivity contribution in [3.05, 3.63) is 95.6 Å². The van der Waals surface area contributed by atoms with E-state index in [0.29, 0.717) is 6.61 Å². The van der Waals surface area contributed by atoms with Gasteiger partial charge < -0.3 is 9.64 Å². The topological polar surface area (TPSA) is 29.5 Å². The molecule has 3 rings (SSSR count). The predicted octanol–water partition coefficient (Wildman–Crippen LogP) is 5.73. The molecule has 4 heteroatoms. The fourth-order valence-electron chi connectivity index (χ4n) is 3.56. The van der Waals surface area contributed by atoms with E-state index >= 15 is 0 Å². The first kappa shape index (κ1) is 23.0. The Balaban J connectivity index is 2.04. The molecule has 3 aromatic carbocycles. The maximum absolute atomic E-state index is 11.9. The summed E-state index contributed by atoms with van der Waals surface area (Å²) in [5.74, 6) is 0.874. The van der Waals surface area contributed by atoms with E-state index < -0.39 is 10.8 Å². The van der Waals surface area contributed by atoms with Gasteiger partial charge in [0.15, 0.2) is 0 Å². The van der Waals surface area contributed by atoms with E-state index in [1.807, 2.05) is 44.4 Å². The standard InChI is InChI=1S/C27H31NO2S/c1-5-26(21-9-7-6-8-10-21)27(23-13-17-25(18-14-23)31(4)29)22-11-15-24(16-12-22)30-20-19-28(2)3/h6-18H,5,19-20H2,1-4H3/b27-26-. The van der Waals surface area contributed by atoms with Gasteiger partial charge in [0.05, 0.1) is 0 Å². The third kappa shape index (κ3) is 6.16. The van der Waals surface area contributed by atoms with Crippen LogP contribution in [0.15, 0.2) is 83.8 Å². The SMILES string of the molecule is CC/C(=C(\c1ccc(OCCN(C)C)cc1)c1ccc(S(C)=O)cc1)c1ccccc1. The van der Waals surface area contributed by atoms with E-state index in [9.17, 15) is 4.21 Å². The number of allylic oxidation sites excluding steroid dienone is 1. The maximum Gasteiger partial charge on any atom is 0.119 e. The monoisotopic (exact) mass is 433 g/mol. The van der Waals surface area contributed by atoms with E-state index in [1.54, 1.807) is 6.26 Å². The highest BCUT2D eigenvalue weighted by atomic mass is 32.2. The fourth-order valence-corrected chi connectivity index (χ4v) is 4.08. The van der Waals surface area contributed by atoms with Gasteiger partial charge in [-0.15, -0.1) is 0 Å². The molecule has 0 heterocycles. The van der Waals surface area contributed by atoms with Crippen LogP contribution in [0.5, 0.6) is 5.75 Å². The zero-order chi connectivity index (χ0) is 22.2. The minimum Gasteiger partial charge on any atom is -0.492 e. The van der Waals surface area contributed by atoms with Crippen molar-refractivity contribution in [1.82, 2.24) is 4.90 Å². The molecule has 0 spiro atoms. The third-order valence-corrected chi connectivity index (χ3v) is 6.14. The molecule has 0 saturated heterocycles. The Labute approximate surface area is 188 Å². The summed E-state index contributed by atoms with van der Waals surface area (Å²) >= 11 is 0. The van der Waals surface area contributed by atoms with Crippen molar-refractivity contribution in [3.8, 4) is 5.75 Å². The first-order chi connectivity index (χ1) is 15.0. The largest absolute Gasteiger partial charge is 0.492 e. The highest BCUT2D eigenvalue weighted by molar-refractivity contribution is 7.84. The molecule has 0 aliphatic carbocycles. The molecule has 1 unspecified atom stereocenters. The van der Waals surface area contributed by atoms with Gasteiger partial charge in [-0.2, -0.15) is 0 Å². The Morgan fingerprint density at radius 1 is 0.839 bits per heavy atom. The van der Waals surface area contributed by atoms with Crippen molar-refractivity contribution >= 4 is 21.9 Å². The van der Waals surface area contributed by atoms with Crippen LogP contribution in [0.25, 0.3) is 11.1 Å². The van der Waals surface area contributed by atoms with Gasteiger partial charge in [-0.05, 0) is 72.6 Å². The predicted molar refractivity (Wildman–Crippen MR) is 132 cm³/mol. The molecule has 0 aromatic heterocycles. The highest BCUT2D eigenvalue weighted by Gasteiger charge is 2.13. The first-order valence-electron chi connectivity index (χ1n) is 10.6. The summed E-state index contributed by atoms with van der Waals surface area (Å²) < 4.78 is 17.7. The molecule has 0 N–H and O–H groups in total. The van der Waals surface area contributed by atoms with Crippen LogP contribution < -0.4 is 4.74 Å².